The van der Waals surface area contributed by atoms with Crippen molar-refractivity contribution in [1.29, 1.82) is 5.41 Å². The smallest absolute Gasteiger partial charge is 0.123 e. The van der Waals surface area contributed by atoms with E-state index in [2.05, 4.69) is 9.80 Å². The van der Waals surface area contributed by atoms with Gasteiger partial charge in [-0.3, -0.25) is 15.2 Å². The maximum atomic E-state index is 8.92. The minimum atomic E-state index is 0.134. The van der Waals surface area contributed by atoms with E-state index in [1.807, 2.05) is 24.3 Å². The van der Waals surface area contributed by atoms with Gasteiger partial charge in [-0.15, -0.1) is 0 Å². The standard InChI is InChI=1S/C14H22N4O/c15-14(16)13-4-2-1-3-12(13)11-18-7-5-17(6-8-18)9-10-19/h1-4,19H,5-11H2,(H3,15,16). The molecule has 1 heterocycles. The van der Waals surface area contributed by atoms with E-state index in [9.17, 15) is 0 Å². The van der Waals surface area contributed by atoms with Crippen molar-refractivity contribution in [2.45, 2.75) is 6.54 Å². The van der Waals surface area contributed by atoms with Crippen molar-refractivity contribution < 1.29 is 5.11 Å². The molecule has 0 aliphatic carbocycles. The van der Waals surface area contributed by atoms with Crippen molar-refractivity contribution in [1.82, 2.24) is 9.80 Å². The molecule has 1 aromatic rings. The fourth-order valence-corrected chi connectivity index (χ4v) is 2.47. The summed E-state index contributed by atoms with van der Waals surface area (Å²) < 4.78 is 0. The largest absolute Gasteiger partial charge is 0.395 e. The van der Waals surface area contributed by atoms with Crippen LogP contribution in [0, 0.1) is 5.41 Å². The number of nitrogens with two attached hydrogens (primary N) is 1. The van der Waals surface area contributed by atoms with Gasteiger partial charge in [-0.25, -0.2) is 0 Å². The molecular weight excluding hydrogens is 240 g/mol. The molecule has 1 fully saturated rings. The van der Waals surface area contributed by atoms with E-state index in [0.29, 0.717) is 0 Å². The second-order valence-electron chi connectivity index (χ2n) is 4.91. The Morgan fingerprint density at radius 2 is 1.79 bits per heavy atom. The molecule has 104 valence electrons. The Balaban J connectivity index is 1.94. The minimum Gasteiger partial charge on any atom is -0.395 e. The number of hydrogen-bond donors (Lipinski definition) is 3. The molecule has 0 atom stereocenters. The number of nitrogens with one attached hydrogen (secondary N) is 1. The highest BCUT2D eigenvalue weighted by Gasteiger charge is 2.17. The van der Waals surface area contributed by atoms with E-state index >= 15 is 0 Å². The second kappa shape index (κ2) is 6.65. The van der Waals surface area contributed by atoms with Crippen LogP contribution in [0.1, 0.15) is 11.1 Å². The van der Waals surface area contributed by atoms with Gasteiger partial charge in [0.1, 0.15) is 5.84 Å². The average molecular weight is 262 g/mol. The lowest BCUT2D eigenvalue weighted by molar-refractivity contribution is 0.108. The molecule has 1 aliphatic heterocycles. The number of piperazine rings is 1. The molecule has 19 heavy (non-hydrogen) atoms. The minimum absolute atomic E-state index is 0.134. The van der Waals surface area contributed by atoms with Crippen molar-refractivity contribution in [2.24, 2.45) is 5.73 Å². The lowest BCUT2D eigenvalue weighted by Gasteiger charge is -2.34. The van der Waals surface area contributed by atoms with E-state index in [4.69, 9.17) is 16.2 Å². The number of nitrogens with zero attached hydrogens (tertiary/aromatic N) is 2. The molecule has 0 saturated carbocycles. The van der Waals surface area contributed by atoms with Crippen LogP contribution in [0.25, 0.3) is 0 Å². The van der Waals surface area contributed by atoms with E-state index in [1.54, 1.807) is 0 Å². The number of aliphatic hydroxyl groups is 1. The average Bonchev–Trinajstić information content (AvgIpc) is 2.42. The van der Waals surface area contributed by atoms with E-state index in [1.165, 1.54) is 0 Å². The van der Waals surface area contributed by atoms with Gasteiger partial charge in [0.25, 0.3) is 0 Å². The van der Waals surface area contributed by atoms with Crippen LogP contribution in [0.4, 0.5) is 0 Å². The summed E-state index contributed by atoms with van der Waals surface area (Å²) >= 11 is 0. The van der Waals surface area contributed by atoms with Gasteiger partial charge in [-0.1, -0.05) is 24.3 Å². The summed E-state index contributed by atoms with van der Waals surface area (Å²) in [6.07, 6.45) is 0. The number of benzene rings is 1. The molecule has 0 spiro atoms. The van der Waals surface area contributed by atoms with Crippen molar-refractivity contribution in [3.8, 4) is 0 Å². The molecule has 2 rings (SSSR count). The summed E-state index contributed by atoms with van der Waals surface area (Å²) in [6.45, 7) is 5.79. The van der Waals surface area contributed by atoms with Gasteiger partial charge < -0.3 is 10.8 Å². The van der Waals surface area contributed by atoms with Crippen LogP contribution < -0.4 is 5.73 Å². The SMILES string of the molecule is N=C(N)c1ccccc1CN1CCN(CCO)CC1. The zero-order chi connectivity index (χ0) is 13.7. The molecule has 4 N–H and O–H groups in total. The molecule has 1 saturated heterocycles. The molecular formula is C14H22N4O. The Labute approximate surface area is 114 Å². The Morgan fingerprint density at radius 3 is 2.42 bits per heavy atom. The monoisotopic (exact) mass is 262 g/mol. The summed E-state index contributed by atoms with van der Waals surface area (Å²) in [4.78, 5) is 4.64. The van der Waals surface area contributed by atoms with Crippen LogP contribution in [0.2, 0.25) is 0 Å². The highest BCUT2D eigenvalue weighted by molar-refractivity contribution is 5.96. The Kier molecular flexibility index (Phi) is 4.90. The molecule has 0 amide bonds. The van der Waals surface area contributed by atoms with Crippen LogP contribution >= 0.6 is 0 Å². The lowest BCUT2D eigenvalue weighted by atomic mass is 10.1. The van der Waals surface area contributed by atoms with Gasteiger partial charge in [-0.2, -0.15) is 0 Å². The molecule has 0 radical (unpaired) electrons. The van der Waals surface area contributed by atoms with Gasteiger partial charge in [0.05, 0.1) is 6.61 Å². The maximum Gasteiger partial charge on any atom is 0.123 e. The molecule has 0 aromatic heterocycles. The highest BCUT2D eigenvalue weighted by atomic mass is 16.3. The zero-order valence-corrected chi connectivity index (χ0v) is 11.2. The van der Waals surface area contributed by atoms with Crippen LogP contribution in [-0.2, 0) is 6.54 Å². The fraction of sp³-hybridized carbons (Fsp3) is 0.500. The number of nitrogen functional groups attached to an aromatic ring is 1. The number of rotatable bonds is 5. The van der Waals surface area contributed by atoms with E-state index in [0.717, 1.165) is 50.4 Å². The fourth-order valence-electron chi connectivity index (χ4n) is 2.47. The Morgan fingerprint density at radius 1 is 1.16 bits per heavy atom. The Bertz CT molecular complexity index is 427. The van der Waals surface area contributed by atoms with Crippen molar-refractivity contribution in [3.05, 3.63) is 35.4 Å². The number of amidine groups is 1. The third kappa shape index (κ3) is 3.76. The predicted molar refractivity (Wildman–Crippen MR) is 76.3 cm³/mol. The van der Waals surface area contributed by atoms with Gasteiger partial charge in [0.15, 0.2) is 0 Å². The van der Waals surface area contributed by atoms with E-state index < -0.39 is 0 Å². The van der Waals surface area contributed by atoms with Crippen molar-refractivity contribution >= 4 is 5.84 Å². The number of hydrogen-bond acceptors (Lipinski definition) is 4. The van der Waals surface area contributed by atoms with E-state index in [-0.39, 0.29) is 12.4 Å². The van der Waals surface area contributed by atoms with Crippen molar-refractivity contribution in [2.75, 3.05) is 39.3 Å². The normalized spacial score (nSPS) is 17.5. The topological polar surface area (TPSA) is 76.6 Å². The maximum absolute atomic E-state index is 8.92. The lowest BCUT2D eigenvalue weighted by Crippen LogP contribution is -2.46. The Hall–Kier alpha value is -1.43. The predicted octanol–water partition coefficient (Wildman–Crippen LogP) is 0.0806. The first-order chi connectivity index (χ1) is 9.20. The zero-order valence-electron chi connectivity index (χ0n) is 11.2. The second-order valence-corrected chi connectivity index (χ2v) is 4.91. The van der Waals surface area contributed by atoms with Gasteiger partial charge >= 0.3 is 0 Å². The molecule has 0 unspecified atom stereocenters. The quantitative estimate of drug-likeness (QED) is 0.519. The van der Waals surface area contributed by atoms with Gasteiger partial charge in [-0.05, 0) is 5.56 Å². The highest BCUT2D eigenvalue weighted by Crippen LogP contribution is 2.13. The summed E-state index contributed by atoms with van der Waals surface area (Å²) in [7, 11) is 0. The van der Waals surface area contributed by atoms with Crippen molar-refractivity contribution in [3.63, 3.8) is 0 Å². The summed E-state index contributed by atoms with van der Waals surface area (Å²) in [5, 5.41) is 16.5. The van der Waals surface area contributed by atoms with Gasteiger partial charge in [0.2, 0.25) is 0 Å². The summed E-state index contributed by atoms with van der Waals surface area (Å²) in [6, 6.07) is 7.85. The number of aliphatic hydroxyl groups excluding tert-OH is 1. The summed E-state index contributed by atoms with van der Waals surface area (Å²) in [5.41, 5.74) is 7.56. The van der Waals surface area contributed by atoms with Crippen LogP contribution in [0.15, 0.2) is 24.3 Å². The third-order valence-electron chi connectivity index (χ3n) is 3.58. The molecule has 5 heteroatoms. The van der Waals surface area contributed by atoms with Crippen LogP contribution in [0.5, 0.6) is 0 Å². The third-order valence-corrected chi connectivity index (χ3v) is 3.58. The number of β-amino-alcohol motifs (C(OH)–C–C–N with tert-alkyl or cyclic N) is 1. The summed E-state index contributed by atoms with van der Waals surface area (Å²) in [5.74, 6) is 0.134. The molecule has 1 aliphatic rings. The molecule has 0 bridgehead atoms. The van der Waals surface area contributed by atoms with Gasteiger partial charge in [0, 0.05) is 44.8 Å². The first-order valence-electron chi connectivity index (χ1n) is 6.68. The molecule has 1 aromatic carbocycles. The molecule has 5 nitrogen and oxygen atoms in total. The van der Waals surface area contributed by atoms with Crippen LogP contribution in [-0.4, -0.2) is 60.1 Å². The van der Waals surface area contributed by atoms with Crippen LogP contribution in [0.3, 0.4) is 0 Å². The first-order valence-corrected chi connectivity index (χ1v) is 6.68. The first kappa shape index (κ1) is 14.0.